The van der Waals surface area contributed by atoms with Crippen LogP contribution in [0.25, 0.3) is 0 Å². The fraction of sp³-hybridized carbons (Fsp3) is 0.500. The summed E-state index contributed by atoms with van der Waals surface area (Å²) in [7, 11) is 1.60. The minimum Gasteiger partial charge on any atom is -0.460 e. The lowest BCUT2D eigenvalue weighted by Crippen LogP contribution is -2.33. The zero-order chi connectivity index (χ0) is 12.7. The molecule has 0 N–H and O–H groups in total. The Hall–Kier alpha value is -1.35. The van der Waals surface area contributed by atoms with Crippen LogP contribution in [-0.4, -0.2) is 19.7 Å². The summed E-state index contributed by atoms with van der Waals surface area (Å²) in [6, 6.07) is 9.67. The van der Waals surface area contributed by atoms with Gasteiger partial charge < -0.3 is 9.47 Å². The zero-order valence-corrected chi connectivity index (χ0v) is 10.7. The molecule has 0 bridgehead atoms. The number of hydrogen-bond donors (Lipinski definition) is 0. The van der Waals surface area contributed by atoms with Crippen molar-refractivity contribution in [3.8, 4) is 0 Å². The van der Waals surface area contributed by atoms with Crippen molar-refractivity contribution >= 4 is 5.97 Å². The van der Waals surface area contributed by atoms with E-state index in [-0.39, 0.29) is 5.97 Å². The van der Waals surface area contributed by atoms with Gasteiger partial charge in [0.05, 0.1) is 12.0 Å². The second-order valence-corrected chi connectivity index (χ2v) is 4.41. The maximum Gasteiger partial charge on any atom is 0.314 e. The third-order valence-corrected chi connectivity index (χ3v) is 2.95. The van der Waals surface area contributed by atoms with Gasteiger partial charge in [0.2, 0.25) is 0 Å². The molecule has 0 saturated heterocycles. The topological polar surface area (TPSA) is 35.5 Å². The largest absolute Gasteiger partial charge is 0.460 e. The van der Waals surface area contributed by atoms with Crippen molar-refractivity contribution in [3.05, 3.63) is 35.9 Å². The summed E-state index contributed by atoms with van der Waals surface area (Å²) in [5.74, 6) is -0.203. The summed E-state index contributed by atoms with van der Waals surface area (Å²) in [5.41, 5.74) is 0.445. The van der Waals surface area contributed by atoms with Crippen molar-refractivity contribution < 1.29 is 14.3 Å². The average Bonchev–Trinajstić information content (AvgIpc) is 2.37. The van der Waals surface area contributed by atoms with Gasteiger partial charge in [0.1, 0.15) is 6.61 Å². The average molecular weight is 236 g/mol. The van der Waals surface area contributed by atoms with Crippen molar-refractivity contribution in [2.45, 2.75) is 26.9 Å². The number of rotatable bonds is 6. The summed E-state index contributed by atoms with van der Waals surface area (Å²) in [6.07, 6.45) is 0.703. The second kappa shape index (κ2) is 6.40. The molecule has 0 heterocycles. The van der Waals surface area contributed by atoms with E-state index in [1.807, 2.05) is 44.2 Å². The number of esters is 1. The van der Waals surface area contributed by atoms with E-state index in [1.54, 1.807) is 7.11 Å². The minimum atomic E-state index is -0.552. The highest BCUT2D eigenvalue weighted by molar-refractivity contribution is 5.76. The Labute approximate surface area is 103 Å². The molecule has 0 saturated carbocycles. The van der Waals surface area contributed by atoms with E-state index in [4.69, 9.17) is 9.47 Å². The first-order chi connectivity index (χ1) is 8.12. The molecule has 1 aromatic rings. The molecule has 0 aliphatic heterocycles. The molecule has 3 heteroatoms. The van der Waals surface area contributed by atoms with Crippen LogP contribution in [0.4, 0.5) is 0 Å². The number of carbonyl (C=O) groups is 1. The van der Waals surface area contributed by atoms with Gasteiger partial charge in [0.15, 0.2) is 0 Å². The Morgan fingerprint density at radius 3 is 2.47 bits per heavy atom. The summed E-state index contributed by atoms with van der Waals surface area (Å²) in [5, 5.41) is 0. The van der Waals surface area contributed by atoms with Crippen LogP contribution in [0.1, 0.15) is 25.8 Å². The summed E-state index contributed by atoms with van der Waals surface area (Å²) in [4.78, 5) is 12.0. The Balaban J connectivity index is 2.54. The Morgan fingerprint density at radius 2 is 1.94 bits per heavy atom. The monoisotopic (exact) mass is 236 g/mol. The SMILES string of the molecule is CCC(C)(COC)C(=O)OCc1ccccc1. The van der Waals surface area contributed by atoms with Gasteiger partial charge >= 0.3 is 5.97 Å². The van der Waals surface area contributed by atoms with Crippen molar-refractivity contribution in [3.63, 3.8) is 0 Å². The van der Waals surface area contributed by atoms with Crippen LogP contribution in [0.5, 0.6) is 0 Å². The standard InChI is InChI=1S/C14H20O3/c1-4-14(2,11-16-3)13(15)17-10-12-8-6-5-7-9-12/h5-9H,4,10-11H2,1-3H3. The predicted octanol–water partition coefficient (Wildman–Crippen LogP) is 2.79. The summed E-state index contributed by atoms with van der Waals surface area (Å²) >= 11 is 0. The maximum atomic E-state index is 12.0. The van der Waals surface area contributed by atoms with Gasteiger partial charge in [-0.05, 0) is 18.9 Å². The van der Waals surface area contributed by atoms with Crippen LogP contribution in [-0.2, 0) is 20.9 Å². The highest BCUT2D eigenvalue weighted by atomic mass is 16.5. The molecule has 1 atom stereocenters. The van der Waals surface area contributed by atoms with Gasteiger partial charge in [0, 0.05) is 7.11 Å². The lowest BCUT2D eigenvalue weighted by Gasteiger charge is -2.24. The van der Waals surface area contributed by atoms with E-state index < -0.39 is 5.41 Å². The van der Waals surface area contributed by atoms with E-state index in [0.29, 0.717) is 19.6 Å². The van der Waals surface area contributed by atoms with Crippen LogP contribution in [0, 0.1) is 5.41 Å². The zero-order valence-electron chi connectivity index (χ0n) is 10.7. The van der Waals surface area contributed by atoms with Gasteiger partial charge in [-0.2, -0.15) is 0 Å². The second-order valence-electron chi connectivity index (χ2n) is 4.41. The van der Waals surface area contributed by atoms with Crippen LogP contribution in [0.2, 0.25) is 0 Å². The Morgan fingerprint density at radius 1 is 1.29 bits per heavy atom. The van der Waals surface area contributed by atoms with E-state index in [9.17, 15) is 4.79 Å². The van der Waals surface area contributed by atoms with E-state index in [0.717, 1.165) is 5.56 Å². The van der Waals surface area contributed by atoms with Gasteiger partial charge in [-0.25, -0.2) is 0 Å². The minimum absolute atomic E-state index is 0.203. The molecule has 1 rings (SSSR count). The highest BCUT2D eigenvalue weighted by Gasteiger charge is 2.33. The number of ether oxygens (including phenoxy) is 2. The molecular weight excluding hydrogens is 216 g/mol. The van der Waals surface area contributed by atoms with Crippen molar-refractivity contribution in [1.29, 1.82) is 0 Å². The van der Waals surface area contributed by atoms with Crippen LogP contribution in [0.15, 0.2) is 30.3 Å². The van der Waals surface area contributed by atoms with Gasteiger partial charge in [-0.15, -0.1) is 0 Å². The number of carbonyl (C=O) groups excluding carboxylic acids is 1. The molecule has 3 nitrogen and oxygen atoms in total. The molecule has 0 aliphatic rings. The van der Waals surface area contributed by atoms with Gasteiger partial charge in [-0.3, -0.25) is 4.79 Å². The molecule has 1 unspecified atom stereocenters. The van der Waals surface area contributed by atoms with Crippen LogP contribution < -0.4 is 0 Å². The van der Waals surface area contributed by atoms with Crippen molar-refractivity contribution in [1.82, 2.24) is 0 Å². The molecule has 0 amide bonds. The van der Waals surface area contributed by atoms with Crippen molar-refractivity contribution in [2.75, 3.05) is 13.7 Å². The highest BCUT2D eigenvalue weighted by Crippen LogP contribution is 2.23. The van der Waals surface area contributed by atoms with Crippen LogP contribution >= 0.6 is 0 Å². The molecule has 0 aliphatic carbocycles. The third-order valence-electron chi connectivity index (χ3n) is 2.95. The Bertz CT molecular complexity index is 348. The fourth-order valence-corrected chi connectivity index (χ4v) is 1.52. The first-order valence-electron chi connectivity index (χ1n) is 5.82. The smallest absolute Gasteiger partial charge is 0.314 e. The number of hydrogen-bond acceptors (Lipinski definition) is 3. The molecule has 0 spiro atoms. The molecule has 0 radical (unpaired) electrons. The quantitative estimate of drug-likeness (QED) is 0.712. The molecule has 17 heavy (non-hydrogen) atoms. The molecule has 1 aromatic carbocycles. The van der Waals surface area contributed by atoms with E-state index in [2.05, 4.69) is 0 Å². The van der Waals surface area contributed by atoms with Gasteiger partial charge in [-0.1, -0.05) is 37.3 Å². The van der Waals surface area contributed by atoms with E-state index >= 15 is 0 Å². The fourth-order valence-electron chi connectivity index (χ4n) is 1.52. The number of benzene rings is 1. The third kappa shape index (κ3) is 3.86. The first-order valence-corrected chi connectivity index (χ1v) is 5.82. The molecule has 0 fully saturated rings. The molecule has 0 aromatic heterocycles. The molecule has 94 valence electrons. The lowest BCUT2D eigenvalue weighted by molar-refractivity contribution is -0.159. The lowest BCUT2D eigenvalue weighted by atomic mass is 9.89. The molecular formula is C14H20O3. The normalized spacial score (nSPS) is 14.1. The van der Waals surface area contributed by atoms with E-state index in [1.165, 1.54) is 0 Å². The van der Waals surface area contributed by atoms with Gasteiger partial charge in [0.25, 0.3) is 0 Å². The summed E-state index contributed by atoms with van der Waals surface area (Å²) in [6.45, 7) is 4.53. The number of methoxy groups -OCH3 is 1. The maximum absolute atomic E-state index is 12.0. The van der Waals surface area contributed by atoms with Crippen molar-refractivity contribution in [2.24, 2.45) is 5.41 Å². The summed E-state index contributed by atoms with van der Waals surface area (Å²) < 4.78 is 10.4. The predicted molar refractivity (Wildman–Crippen MR) is 66.5 cm³/mol. The first kappa shape index (κ1) is 13.7. The van der Waals surface area contributed by atoms with Crippen LogP contribution in [0.3, 0.4) is 0 Å². The Kier molecular flexibility index (Phi) is 5.16.